The zero-order valence-electron chi connectivity index (χ0n) is 32.1. The van der Waals surface area contributed by atoms with Gasteiger partial charge in [0.15, 0.2) is 0 Å². The van der Waals surface area contributed by atoms with Crippen LogP contribution in [0.1, 0.15) is 91.9 Å². The Morgan fingerprint density at radius 3 is 2.41 bits per heavy atom. The minimum Gasteiger partial charge on any atom is -0.480 e. The van der Waals surface area contributed by atoms with Crippen LogP contribution < -0.4 is 5.32 Å². The molecule has 0 aromatic carbocycles. The molecule has 2 amide bonds. The first-order valence-electron chi connectivity index (χ1n) is 19.9. The summed E-state index contributed by atoms with van der Waals surface area (Å²) in [5, 5.41) is 36.3. The van der Waals surface area contributed by atoms with Crippen molar-refractivity contribution < 1.29 is 39.3 Å². The van der Waals surface area contributed by atoms with Crippen LogP contribution in [-0.4, -0.2) is 131 Å². The largest absolute Gasteiger partial charge is 0.480 e. The lowest BCUT2D eigenvalue weighted by Gasteiger charge is -2.62. The standard InChI is InChI=1S/C39H66N4O8/c1-21-29-17-26(39(29,3)4)18-30(21)40-36(46)34-33(22(2)45)32(20-44)51-43(34)19-23-10-8-11-28(35(23)50-7)24-14-25(16-27(15-24)41(5)6)37(47)42-13-9-12-31(42)38(48)49/h21-35,44-45H,8-20H2,1-7H3,(H,40,46)(H,48,49)/t21-,22-,23?,24?,25?,26+,27?,28?,29-,30-,31-,32-,33+,34-,35?/m0/s1. The van der Waals surface area contributed by atoms with Crippen LogP contribution in [-0.2, 0) is 24.0 Å². The second-order valence-electron chi connectivity index (χ2n) is 18.1. The highest BCUT2D eigenvalue weighted by Gasteiger charge is 2.58. The highest BCUT2D eigenvalue weighted by atomic mass is 16.7. The van der Waals surface area contributed by atoms with Crippen LogP contribution in [0.25, 0.3) is 0 Å². The lowest BCUT2D eigenvalue weighted by molar-refractivity contribution is -0.193. The maximum atomic E-state index is 14.3. The number of carbonyl (C=O) groups is 3. The van der Waals surface area contributed by atoms with E-state index < -0.39 is 36.2 Å². The average Bonchev–Trinajstić information content (AvgIpc) is 3.74. The molecule has 15 atom stereocenters. The predicted octanol–water partition coefficient (Wildman–Crippen LogP) is 3.00. The summed E-state index contributed by atoms with van der Waals surface area (Å²) in [7, 11) is 5.88. The van der Waals surface area contributed by atoms with Gasteiger partial charge in [0.2, 0.25) is 11.8 Å². The van der Waals surface area contributed by atoms with Gasteiger partial charge in [-0.1, -0.05) is 27.2 Å². The van der Waals surface area contributed by atoms with Gasteiger partial charge in [0.05, 0.1) is 18.8 Å². The normalized spacial score (nSPS) is 43.1. The van der Waals surface area contributed by atoms with Crippen molar-refractivity contribution in [3.8, 4) is 0 Å². The molecule has 0 aromatic heterocycles. The van der Waals surface area contributed by atoms with E-state index in [0.29, 0.717) is 49.1 Å². The summed E-state index contributed by atoms with van der Waals surface area (Å²) < 4.78 is 6.35. The SMILES string of the molecule is COC1C(CN2O[C@@H](CO)[C@@H]([C@H](C)O)[C@H]2C(=O)N[C@H]2C[C@H]3C[C@@H]([C@@H]2C)C3(C)C)CCCC1C1CC(C(=O)N2CCC[C@H]2C(=O)O)CC(N(C)C)C1. The number of hydroxylamine groups is 2. The first kappa shape index (κ1) is 38.9. The van der Waals surface area contributed by atoms with Crippen molar-refractivity contribution in [1.29, 1.82) is 0 Å². The number of hydrogen-bond donors (Lipinski definition) is 4. The molecular formula is C39H66N4O8. The maximum Gasteiger partial charge on any atom is 0.326 e. The molecule has 0 spiro atoms. The highest BCUT2D eigenvalue weighted by molar-refractivity contribution is 5.86. The van der Waals surface area contributed by atoms with Crippen molar-refractivity contribution in [2.24, 2.45) is 52.8 Å². The molecule has 2 bridgehead atoms. The molecule has 2 heterocycles. The van der Waals surface area contributed by atoms with Gasteiger partial charge in [0.25, 0.3) is 0 Å². The third kappa shape index (κ3) is 7.35. The number of fused-ring (bicyclic) bond motifs is 2. The number of rotatable bonds is 11. The van der Waals surface area contributed by atoms with Gasteiger partial charge in [-0.3, -0.25) is 14.4 Å². The Morgan fingerprint density at radius 2 is 1.80 bits per heavy atom. The molecular weight excluding hydrogens is 652 g/mol. The van der Waals surface area contributed by atoms with Crippen molar-refractivity contribution >= 4 is 17.8 Å². The number of aliphatic carboxylic acids is 1. The van der Waals surface area contributed by atoms with E-state index in [1.165, 1.54) is 6.42 Å². The summed E-state index contributed by atoms with van der Waals surface area (Å²) in [4.78, 5) is 50.4. The van der Waals surface area contributed by atoms with Gasteiger partial charge in [-0.25, -0.2) is 4.79 Å². The molecule has 51 heavy (non-hydrogen) atoms. The van der Waals surface area contributed by atoms with Gasteiger partial charge in [0.1, 0.15) is 18.2 Å². The van der Waals surface area contributed by atoms with Crippen molar-refractivity contribution in [2.45, 2.75) is 134 Å². The summed E-state index contributed by atoms with van der Waals surface area (Å²) in [5.74, 6) is 0.0841. The van der Waals surface area contributed by atoms with Gasteiger partial charge < -0.3 is 35.2 Å². The zero-order valence-corrected chi connectivity index (χ0v) is 32.1. The fourth-order valence-electron chi connectivity index (χ4n) is 11.9. The number of ether oxygens (including phenoxy) is 1. The number of carboxylic acid groups (broad SMARTS) is 1. The smallest absolute Gasteiger partial charge is 0.326 e. The van der Waals surface area contributed by atoms with Gasteiger partial charge >= 0.3 is 5.97 Å². The summed E-state index contributed by atoms with van der Waals surface area (Å²) in [5.41, 5.74) is 0.299. The highest BCUT2D eigenvalue weighted by Crippen LogP contribution is 2.61. The first-order valence-corrected chi connectivity index (χ1v) is 19.9. The summed E-state index contributed by atoms with van der Waals surface area (Å²) in [6.07, 6.45) is 6.95. The Balaban J connectivity index is 1.19. The maximum absolute atomic E-state index is 14.3. The van der Waals surface area contributed by atoms with Crippen LogP contribution in [0.4, 0.5) is 0 Å². The number of aliphatic hydroxyl groups excluding tert-OH is 2. The fraction of sp³-hybridized carbons (Fsp3) is 0.923. The Hall–Kier alpha value is -1.83. The zero-order chi connectivity index (χ0) is 36.9. The molecule has 0 radical (unpaired) electrons. The molecule has 2 saturated heterocycles. The van der Waals surface area contributed by atoms with E-state index in [1.54, 1.807) is 24.0 Å². The molecule has 5 aliphatic carbocycles. The molecule has 6 unspecified atom stereocenters. The van der Waals surface area contributed by atoms with E-state index in [1.807, 2.05) is 0 Å². The average molecular weight is 719 g/mol. The van der Waals surface area contributed by atoms with E-state index in [9.17, 15) is 29.7 Å². The Bertz CT molecular complexity index is 1260. The van der Waals surface area contributed by atoms with Crippen LogP contribution in [0.3, 0.4) is 0 Å². The summed E-state index contributed by atoms with van der Waals surface area (Å²) >= 11 is 0. The Kier molecular flexibility index (Phi) is 11.8. The van der Waals surface area contributed by atoms with E-state index in [0.717, 1.165) is 44.9 Å². The quantitative estimate of drug-likeness (QED) is 0.251. The van der Waals surface area contributed by atoms with Crippen molar-refractivity contribution in [2.75, 3.05) is 40.9 Å². The second-order valence-corrected chi connectivity index (χ2v) is 18.1. The van der Waals surface area contributed by atoms with Crippen LogP contribution in [0.15, 0.2) is 0 Å². The topological polar surface area (TPSA) is 152 Å². The third-order valence-corrected chi connectivity index (χ3v) is 15.0. The molecule has 290 valence electrons. The van der Waals surface area contributed by atoms with E-state index in [4.69, 9.17) is 9.57 Å². The Labute approximate surface area is 304 Å². The number of hydrogen-bond acceptors (Lipinski definition) is 9. The van der Waals surface area contributed by atoms with Gasteiger partial charge in [-0.2, -0.15) is 5.06 Å². The van der Waals surface area contributed by atoms with Gasteiger partial charge in [-0.05, 0) is 114 Å². The molecule has 0 aromatic rings. The second kappa shape index (κ2) is 15.5. The van der Waals surface area contributed by atoms with Crippen LogP contribution in [0.5, 0.6) is 0 Å². The molecule has 5 saturated carbocycles. The number of carboxylic acids is 1. The molecule has 7 fully saturated rings. The molecule has 12 nitrogen and oxygen atoms in total. The first-order chi connectivity index (χ1) is 24.2. The van der Waals surface area contributed by atoms with E-state index >= 15 is 0 Å². The number of methoxy groups -OCH3 is 1. The van der Waals surface area contributed by atoms with Crippen molar-refractivity contribution in [3.63, 3.8) is 0 Å². The molecule has 7 rings (SSSR count). The predicted molar refractivity (Wildman–Crippen MR) is 191 cm³/mol. The van der Waals surface area contributed by atoms with E-state index in [-0.39, 0.29) is 60.3 Å². The number of amides is 2. The minimum absolute atomic E-state index is 0.0236. The monoisotopic (exact) mass is 718 g/mol. The number of aliphatic hydroxyl groups is 2. The van der Waals surface area contributed by atoms with E-state index in [2.05, 4.69) is 45.1 Å². The number of nitrogens with zero attached hydrogens (tertiary/aromatic N) is 3. The lowest BCUT2D eigenvalue weighted by atomic mass is 9.45. The van der Waals surface area contributed by atoms with Crippen molar-refractivity contribution in [1.82, 2.24) is 20.2 Å². The van der Waals surface area contributed by atoms with Crippen LogP contribution >= 0.6 is 0 Å². The molecule has 7 aliphatic rings. The minimum atomic E-state index is -0.918. The molecule has 4 N–H and O–H groups in total. The van der Waals surface area contributed by atoms with Crippen LogP contribution in [0, 0.1) is 52.8 Å². The lowest BCUT2D eigenvalue weighted by Crippen LogP contribution is -2.62. The summed E-state index contributed by atoms with van der Waals surface area (Å²) in [6.45, 7) is 9.27. The number of nitrogens with one attached hydrogen (secondary N) is 1. The number of likely N-dealkylation sites (tertiary alicyclic amines) is 1. The van der Waals surface area contributed by atoms with Crippen molar-refractivity contribution in [3.05, 3.63) is 0 Å². The third-order valence-electron chi connectivity index (χ3n) is 15.0. The summed E-state index contributed by atoms with van der Waals surface area (Å²) in [6, 6.07) is -1.20. The van der Waals surface area contributed by atoms with Gasteiger partial charge in [0, 0.05) is 50.0 Å². The fourth-order valence-corrected chi connectivity index (χ4v) is 11.9. The molecule has 2 aliphatic heterocycles. The van der Waals surface area contributed by atoms with Crippen LogP contribution in [0.2, 0.25) is 0 Å². The molecule has 12 heteroatoms. The number of carbonyl (C=O) groups excluding carboxylic acids is 2. The Morgan fingerprint density at radius 1 is 1.06 bits per heavy atom. The van der Waals surface area contributed by atoms with Gasteiger partial charge in [-0.15, -0.1) is 0 Å².